The highest BCUT2D eigenvalue weighted by Crippen LogP contribution is 2.16. The average molecular weight is 259 g/mol. The molecule has 0 aliphatic rings. The van der Waals surface area contributed by atoms with Crippen molar-refractivity contribution in [2.75, 3.05) is 38.1 Å². The number of aromatic nitrogens is 2. The van der Waals surface area contributed by atoms with E-state index >= 15 is 0 Å². The second-order valence-electron chi connectivity index (χ2n) is 3.33. The zero-order valence-corrected chi connectivity index (χ0v) is 11.0. The molecule has 1 rings (SSSR count). The van der Waals surface area contributed by atoms with Crippen LogP contribution in [0, 0.1) is 0 Å². The Morgan fingerprint density at radius 1 is 1.29 bits per heavy atom. The standard InChI is InChI=1S/C10H17N3O3S/c1-15-8-7-9(16-2)13-10(12-8)11-5-4-6-17(3)14/h7H,4-6H2,1-3H3,(H,11,12,13). The fraction of sp³-hybridized carbons (Fsp3) is 0.600. The van der Waals surface area contributed by atoms with Gasteiger partial charge in [-0.1, -0.05) is 0 Å². The summed E-state index contributed by atoms with van der Waals surface area (Å²) in [5.74, 6) is 1.99. The van der Waals surface area contributed by atoms with E-state index in [1.807, 2.05) is 0 Å². The summed E-state index contributed by atoms with van der Waals surface area (Å²) >= 11 is 0. The molecule has 0 fully saturated rings. The Morgan fingerprint density at radius 3 is 2.35 bits per heavy atom. The van der Waals surface area contributed by atoms with Crippen LogP contribution in [0.3, 0.4) is 0 Å². The summed E-state index contributed by atoms with van der Waals surface area (Å²) in [5.41, 5.74) is 0. The predicted octanol–water partition coefficient (Wildman–Crippen LogP) is 0.674. The van der Waals surface area contributed by atoms with Crippen LogP contribution in [0.1, 0.15) is 6.42 Å². The second kappa shape index (κ2) is 7.05. The van der Waals surface area contributed by atoms with Gasteiger partial charge in [-0.15, -0.1) is 0 Å². The van der Waals surface area contributed by atoms with Crippen LogP contribution in [-0.4, -0.2) is 46.9 Å². The van der Waals surface area contributed by atoms with Crippen molar-refractivity contribution in [3.05, 3.63) is 6.07 Å². The molecule has 0 radical (unpaired) electrons. The molecule has 7 heteroatoms. The molecule has 0 aliphatic heterocycles. The van der Waals surface area contributed by atoms with E-state index in [0.717, 1.165) is 6.42 Å². The molecule has 0 saturated heterocycles. The van der Waals surface area contributed by atoms with Gasteiger partial charge in [0.2, 0.25) is 17.7 Å². The number of ether oxygens (including phenoxy) is 2. The highest BCUT2D eigenvalue weighted by atomic mass is 32.2. The second-order valence-corrected chi connectivity index (χ2v) is 4.89. The number of anilines is 1. The monoisotopic (exact) mass is 259 g/mol. The Bertz CT molecular complexity index is 365. The Kier molecular flexibility index (Phi) is 5.68. The molecule has 1 aromatic rings. The lowest BCUT2D eigenvalue weighted by atomic mass is 10.5. The SMILES string of the molecule is COc1cc(OC)nc(NCCCS(C)=O)n1. The molecule has 1 aromatic heterocycles. The summed E-state index contributed by atoms with van der Waals surface area (Å²) < 4.78 is 20.9. The van der Waals surface area contributed by atoms with Gasteiger partial charge < -0.3 is 14.8 Å². The van der Waals surface area contributed by atoms with Crippen molar-refractivity contribution < 1.29 is 13.7 Å². The van der Waals surface area contributed by atoms with Crippen molar-refractivity contribution in [1.82, 2.24) is 9.97 Å². The van der Waals surface area contributed by atoms with Gasteiger partial charge in [0.1, 0.15) is 0 Å². The largest absolute Gasteiger partial charge is 0.481 e. The van der Waals surface area contributed by atoms with Crippen LogP contribution in [0.4, 0.5) is 5.95 Å². The number of hydrogen-bond donors (Lipinski definition) is 1. The van der Waals surface area contributed by atoms with Crippen molar-refractivity contribution in [2.24, 2.45) is 0 Å². The number of nitrogens with zero attached hydrogens (tertiary/aromatic N) is 2. The summed E-state index contributed by atoms with van der Waals surface area (Å²) in [5, 5.41) is 3.03. The Hall–Kier alpha value is -1.37. The quantitative estimate of drug-likeness (QED) is 0.726. The van der Waals surface area contributed by atoms with Crippen LogP contribution < -0.4 is 14.8 Å². The normalized spacial score (nSPS) is 11.9. The van der Waals surface area contributed by atoms with E-state index < -0.39 is 10.8 Å². The molecule has 0 aromatic carbocycles. The first-order valence-electron chi connectivity index (χ1n) is 5.16. The van der Waals surface area contributed by atoms with E-state index in [1.54, 1.807) is 12.3 Å². The van der Waals surface area contributed by atoms with Crippen molar-refractivity contribution in [3.63, 3.8) is 0 Å². The van der Waals surface area contributed by atoms with Gasteiger partial charge in [0.15, 0.2) is 0 Å². The van der Waals surface area contributed by atoms with Gasteiger partial charge in [0, 0.05) is 29.4 Å². The zero-order chi connectivity index (χ0) is 12.7. The van der Waals surface area contributed by atoms with E-state index in [1.165, 1.54) is 14.2 Å². The van der Waals surface area contributed by atoms with E-state index in [-0.39, 0.29) is 0 Å². The van der Waals surface area contributed by atoms with Gasteiger partial charge in [0.05, 0.1) is 20.3 Å². The molecule has 17 heavy (non-hydrogen) atoms. The van der Waals surface area contributed by atoms with Gasteiger partial charge in [-0.2, -0.15) is 9.97 Å². The molecule has 1 atom stereocenters. The topological polar surface area (TPSA) is 73.3 Å². The van der Waals surface area contributed by atoms with Crippen molar-refractivity contribution >= 4 is 16.7 Å². The summed E-state index contributed by atoms with van der Waals surface area (Å²) in [6.07, 6.45) is 2.48. The van der Waals surface area contributed by atoms with Crippen molar-refractivity contribution in [1.29, 1.82) is 0 Å². The Balaban J connectivity index is 2.54. The minimum absolute atomic E-state index is 0.443. The highest BCUT2D eigenvalue weighted by Gasteiger charge is 2.04. The molecule has 0 aliphatic carbocycles. The van der Waals surface area contributed by atoms with Gasteiger partial charge in [-0.25, -0.2) is 0 Å². The Morgan fingerprint density at radius 2 is 1.88 bits per heavy atom. The molecule has 96 valence electrons. The molecule has 0 saturated carbocycles. The fourth-order valence-electron chi connectivity index (χ4n) is 1.17. The Labute approximate surface area is 103 Å². The third-order valence-electron chi connectivity index (χ3n) is 1.99. The molecule has 0 bridgehead atoms. The number of methoxy groups -OCH3 is 2. The minimum Gasteiger partial charge on any atom is -0.481 e. The van der Waals surface area contributed by atoms with E-state index in [9.17, 15) is 4.21 Å². The van der Waals surface area contributed by atoms with Crippen molar-refractivity contribution in [2.45, 2.75) is 6.42 Å². The van der Waals surface area contributed by atoms with Crippen LogP contribution in [0.15, 0.2) is 6.07 Å². The van der Waals surface area contributed by atoms with Gasteiger partial charge in [-0.3, -0.25) is 4.21 Å². The maximum absolute atomic E-state index is 10.9. The third-order valence-corrected chi connectivity index (χ3v) is 2.85. The number of hydrogen-bond acceptors (Lipinski definition) is 6. The first-order chi connectivity index (χ1) is 8.15. The summed E-state index contributed by atoms with van der Waals surface area (Å²) in [4.78, 5) is 8.23. The van der Waals surface area contributed by atoms with Gasteiger partial charge in [0.25, 0.3) is 0 Å². The average Bonchev–Trinajstić information content (AvgIpc) is 2.34. The van der Waals surface area contributed by atoms with Crippen molar-refractivity contribution in [3.8, 4) is 11.8 Å². The van der Waals surface area contributed by atoms with E-state index in [4.69, 9.17) is 9.47 Å². The van der Waals surface area contributed by atoms with Gasteiger partial charge >= 0.3 is 0 Å². The molecule has 0 amide bonds. The minimum atomic E-state index is -0.766. The number of rotatable bonds is 7. The van der Waals surface area contributed by atoms with E-state index in [2.05, 4.69) is 15.3 Å². The smallest absolute Gasteiger partial charge is 0.229 e. The lowest BCUT2D eigenvalue weighted by molar-refractivity contribution is 0.373. The van der Waals surface area contributed by atoms with Crippen LogP contribution in [0.2, 0.25) is 0 Å². The molecular formula is C10H17N3O3S. The molecule has 1 N–H and O–H groups in total. The molecule has 1 heterocycles. The van der Waals surface area contributed by atoms with Crippen LogP contribution >= 0.6 is 0 Å². The number of nitrogens with one attached hydrogen (secondary N) is 1. The first kappa shape index (κ1) is 13.7. The van der Waals surface area contributed by atoms with Crippen LogP contribution in [0.5, 0.6) is 11.8 Å². The molecular weight excluding hydrogens is 242 g/mol. The summed E-state index contributed by atoms with van der Waals surface area (Å²) in [6, 6.07) is 1.60. The van der Waals surface area contributed by atoms with Crippen LogP contribution in [0.25, 0.3) is 0 Å². The fourth-order valence-corrected chi connectivity index (χ4v) is 1.72. The molecule has 0 spiro atoms. The highest BCUT2D eigenvalue weighted by molar-refractivity contribution is 7.84. The summed E-state index contributed by atoms with van der Waals surface area (Å²) in [7, 11) is 2.30. The maximum atomic E-state index is 10.9. The first-order valence-corrected chi connectivity index (χ1v) is 6.89. The lowest BCUT2D eigenvalue weighted by Gasteiger charge is -2.07. The molecule has 1 unspecified atom stereocenters. The third kappa shape index (κ3) is 4.99. The maximum Gasteiger partial charge on any atom is 0.229 e. The van der Waals surface area contributed by atoms with E-state index in [0.29, 0.717) is 30.0 Å². The van der Waals surface area contributed by atoms with Crippen LogP contribution in [-0.2, 0) is 10.8 Å². The zero-order valence-electron chi connectivity index (χ0n) is 10.2. The molecule has 6 nitrogen and oxygen atoms in total. The predicted molar refractivity (Wildman–Crippen MR) is 67.2 cm³/mol. The lowest BCUT2D eigenvalue weighted by Crippen LogP contribution is -2.09. The summed E-state index contributed by atoms with van der Waals surface area (Å²) in [6.45, 7) is 0.663. The van der Waals surface area contributed by atoms with Gasteiger partial charge in [-0.05, 0) is 6.42 Å².